The Labute approximate surface area is 122 Å². The Morgan fingerprint density at radius 1 is 1.20 bits per heavy atom. The van der Waals surface area contributed by atoms with Gasteiger partial charge in [0.05, 0.1) is 0 Å². The lowest BCUT2D eigenvalue weighted by Gasteiger charge is -2.35. The maximum atomic E-state index is 12.1. The largest absolute Gasteiger partial charge is 0.444 e. The SMILES string of the molecule is COCCCCN1C[C@@H]2C[C@H]1CN2C(=O)OC(C)(C)C. The summed E-state index contributed by atoms with van der Waals surface area (Å²) < 4.78 is 10.5. The number of nitrogens with zero attached hydrogens (tertiary/aromatic N) is 2. The van der Waals surface area contributed by atoms with E-state index >= 15 is 0 Å². The number of fused-ring (bicyclic) bond motifs is 2. The third-order valence-electron chi connectivity index (χ3n) is 4.03. The first kappa shape index (κ1) is 15.6. The molecule has 2 saturated heterocycles. The number of piperazine rings is 1. The summed E-state index contributed by atoms with van der Waals surface area (Å²) in [7, 11) is 1.75. The van der Waals surface area contributed by atoms with E-state index in [2.05, 4.69) is 4.90 Å². The Hall–Kier alpha value is -0.810. The maximum absolute atomic E-state index is 12.1. The maximum Gasteiger partial charge on any atom is 0.410 e. The molecule has 2 aliphatic heterocycles. The Bertz CT molecular complexity index is 341. The van der Waals surface area contributed by atoms with Gasteiger partial charge in [0.25, 0.3) is 0 Å². The molecule has 5 nitrogen and oxygen atoms in total. The van der Waals surface area contributed by atoms with E-state index < -0.39 is 5.60 Å². The van der Waals surface area contributed by atoms with Crippen molar-refractivity contribution in [1.82, 2.24) is 9.80 Å². The van der Waals surface area contributed by atoms with Crippen LogP contribution in [0.15, 0.2) is 0 Å². The third-order valence-corrected chi connectivity index (χ3v) is 4.03. The van der Waals surface area contributed by atoms with E-state index in [4.69, 9.17) is 9.47 Å². The second kappa shape index (κ2) is 6.31. The fraction of sp³-hybridized carbons (Fsp3) is 0.933. The Morgan fingerprint density at radius 2 is 1.95 bits per heavy atom. The van der Waals surface area contributed by atoms with Crippen molar-refractivity contribution >= 4 is 6.09 Å². The van der Waals surface area contributed by atoms with Crippen LogP contribution in [0.2, 0.25) is 0 Å². The van der Waals surface area contributed by atoms with Gasteiger partial charge >= 0.3 is 6.09 Å². The fourth-order valence-electron chi connectivity index (χ4n) is 3.13. The van der Waals surface area contributed by atoms with E-state index in [9.17, 15) is 4.79 Å². The highest BCUT2D eigenvalue weighted by Crippen LogP contribution is 2.31. The molecule has 0 aromatic heterocycles. The Morgan fingerprint density at radius 3 is 2.50 bits per heavy atom. The molecule has 20 heavy (non-hydrogen) atoms. The zero-order chi connectivity index (χ0) is 14.8. The molecule has 0 aromatic rings. The number of amides is 1. The lowest BCUT2D eigenvalue weighted by Crippen LogP contribution is -2.50. The van der Waals surface area contributed by atoms with Crippen molar-refractivity contribution in [3.05, 3.63) is 0 Å². The molecule has 2 heterocycles. The molecule has 0 radical (unpaired) electrons. The molecule has 0 unspecified atom stereocenters. The first-order valence-electron chi connectivity index (χ1n) is 7.63. The van der Waals surface area contributed by atoms with Crippen molar-refractivity contribution in [1.29, 1.82) is 0 Å². The van der Waals surface area contributed by atoms with Crippen molar-refractivity contribution in [2.75, 3.05) is 33.4 Å². The van der Waals surface area contributed by atoms with Crippen LogP contribution in [0.4, 0.5) is 4.79 Å². The number of likely N-dealkylation sites (tertiary alicyclic amines) is 2. The molecule has 2 fully saturated rings. The summed E-state index contributed by atoms with van der Waals surface area (Å²) in [6.07, 6.45) is 3.23. The van der Waals surface area contributed by atoms with E-state index in [1.54, 1.807) is 7.11 Å². The molecule has 2 rings (SSSR count). The van der Waals surface area contributed by atoms with Gasteiger partial charge in [0.1, 0.15) is 5.60 Å². The van der Waals surface area contributed by atoms with Gasteiger partial charge in [-0.3, -0.25) is 4.90 Å². The standard InChI is InChI=1S/C15H28N2O3/c1-15(2,3)20-14(18)17-11-12-9-13(17)10-16(12)7-5-6-8-19-4/h12-13H,5-11H2,1-4H3/t12-,13-/m0/s1. The number of carbonyl (C=O) groups excluding carboxylic acids is 1. The normalized spacial score (nSPS) is 26.3. The van der Waals surface area contributed by atoms with Gasteiger partial charge < -0.3 is 14.4 Å². The van der Waals surface area contributed by atoms with Gasteiger partial charge in [-0.1, -0.05) is 0 Å². The van der Waals surface area contributed by atoms with Gasteiger partial charge in [0, 0.05) is 38.9 Å². The summed E-state index contributed by atoms with van der Waals surface area (Å²) >= 11 is 0. The minimum Gasteiger partial charge on any atom is -0.444 e. The molecule has 0 spiro atoms. The average molecular weight is 284 g/mol. The molecule has 5 heteroatoms. The second-order valence-corrected chi connectivity index (χ2v) is 6.87. The van der Waals surface area contributed by atoms with E-state index in [0.717, 1.165) is 39.1 Å². The molecule has 2 atom stereocenters. The van der Waals surface area contributed by atoms with Crippen LogP contribution in [-0.2, 0) is 9.47 Å². The summed E-state index contributed by atoms with van der Waals surface area (Å²) in [6.45, 7) is 9.53. The summed E-state index contributed by atoms with van der Waals surface area (Å²) in [5.74, 6) is 0. The third kappa shape index (κ3) is 3.85. The fourth-order valence-corrected chi connectivity index (χ4v) is 3.13. The number of rotatable bonds is 5. The number of hydrogen-bond acceptors (Lipinski definition) is 4. The smallest absolute Gasteiger partial charge is 0.410 e. The monoisotopic (exact) mass is 284 g/mol. The molecular weight excluding hydrogens is 256 g/mol. The van der Waals surface area contributed by atoms with Crippen molar-refractivity contribution in [2.45, 2.75) is 57.7 Å². The molecule has 0 aliphatic carbocycles. The van der Waals surface area contributed by atoms with Crippen LogP contribution in [0.3, 0.4) is 0 Å². The van der Waals surface area contributed by atoms with E-state index in [1.165, 1.54) is 6.42 Å². The average Bonchev–Trinajstić information content (AvgIpc) is 2.92. The van der Waals surface area contributed by atoms with Crippen LogP contribution in [0.25, 0.3) is 0 Å². The molecule has 1 amide bonds. The first-order valence-corrected chi connectivity index (χ1v) is 7.63. The van der Waals surface area contributed by atoms with Crippen LogP contribution in [0.5, 0.6) is 0 Å². The van der Waals surface area contributed by atoms with Gasteiger partial charge in [0.2, 0.25) is 0 Å². The number of unbranched alkanes of at least 4 members (excludes halogenated alkanes) is 1. The topological polar surface area (TPSA) is 42.0 Å². The highest BCUT2D eigenvalue weighted by Gasteiger charge is 2.45. The van der Waals surface area contributed by atoms with Gasteiger partial charge in [-0.15, -0.1) is 0 Å². The van der Waals surface area contributed by atoms with Crippen LogP contribution < -0.4 is 0 Å². The van der Waals surface area contributed by atoms with Crippen LogP contribution >= 0.6 is 0 Å². The van der Waals surface area contributed by atoms with Gasteiger partial charge in [0.15, 0.2) is 0 Å². The van der Waals surface area contributed by atoms with E-state index in [1.807, 2.05) is 25.7 Å². The molecule has 0 aromatic carbocycles. The van der Waals surface area contributed by atoms with Crippen molar-refractivity contribution in [3.63, 3.8) is 0 Å². The van der Waals surface area contributed by atoms with E-state index in [0.29, 0.717) is 12.1 Å². The van der Waals surface area contributed by atoms with Crippen LogP contribution in [0.1, 0.15) is 40.0 Å². The number of methoxy groups -OCH3 is 1. The molecule has 2 bridgehead atoms. The lowest BCUT2D eigenvalue weighted by atomic mass is 10.2. The van der Waals surface area contributed by atoms with Gasteiger partial charge in [-0.25, -0.2) is 4.79 Å². The number of ether oxygens (including phenoxy) is 2. The van der Waals surface area contributed by atoms with Crippen LogP contribution in [0, 0.1) is 0 Å². The summed E-state index contributed by atoms with van der Waals surface area (Å²) in [5, 5.41) is 0. The van der Waals surface area contributed by atoms with Gasteiger partial charge in [-0.2, -0.15) is 0 Å². The first-order chi connectivity index (χ1) is 9.40. The van der Waals surface area contributed by atoms with Gasteiger partial charge in [-0.05, 0) is 46.6 Å². The molecule has 2 aliphatic rings. The number of carbonyl (C=O) groups is 1. The zero-order valence-corrected chi connectivity index (χ0v) is 13.2. The lowest BCUT2D eigenvalue weighted by molar-refractivity contribution is 0.0128. The van der Waals surface area contributed by atoms with Crippen molar-refractivity contribution in [2.24, 2.45) is 0 Å². The van der Waals surface area contributed by atoms with Crippen LogP contribution in [-0.4, -0.2) is 66.9 Å². The molecule has 0 saturated carbocycles. The Kier molecular flexibility index (Phi) is 4.91. The minimum absolute atomic E-state index is 0.149. The zero-order valence-electron chi connectivity index (χ0n) is 13.2. The highest BCUT2D eigenvalue weighted by molar-refractivity contribution is 5.69. The summed E-state index contributed by atoms with van der Waals surface area (Å²) in [5.41, 5.74) is -0.404. The molecule has 116 valence electrons. The van der Waals surface area contributed by atoms with Crippen molar-refractivity contribution in [3.8, 4) is 0 Å². The molecular formula is C15H28N2O3. The second-order valence-electron chi connectivity index (χ2n) is 6.87. The predicted octanol–water partition coefficient (Wildman–Crippen LogP) is 2.11. The highest BCUT2D eigenvalue weighted by atomic mass is 16.6. The quantitative estimate of drug-likeness (QED) is 0.725. The summed E-state index contributed by atoms with van der Waals surface area (Å²) in [6, 6.07) is 0.868. The molecule has 0 N–H and O–H groups in total. The predicted molar refractivity (Wildman–Crippen MR) is 77.8 cm³/mol. The number of hydrogen-bond donors (Lipinski definition) is 0. The minimum atomic E-state index is -0.404. The Balaban J connectivity index is 1.75. The summed E-state index contributed by atoms with van der Waals surface area (Å²) in [4.78, 5) is 16.6. The van der Waals surface area contributed by atoms with E-state index in [-0.39, 0.29) is 6.09 Å². The van der Waals surface area contributed by atoms with Crippen molar-refractivity contribution < 1.29 is 14.3 Å².